The Balaban J connectivity index is 1.60. The molecule has 3 heterocycles. The van der Waals surface area contributed by atoms with Gasteiger partial charge in [-0.05, 0) is 57.2 Å². The van der Waals surface area contributed by atoms with Gasteiger partial charge in [0.1, 0.15) is 16.9 Å². The summed E-state index contributed by atoms with van der Waals surface area (Å²) in [5.74, 6) is -0.683. The number of furan rings is 1. The Morgan fingerprint density at radius 3 is 2.53 bits per heavy atom. The molecule has 7 nitrogen and oxygen atoms in total. The Morgan fingerprint density at radius 1 is 1.10 bits per heavy atom. The third kappa shape index (κ3) is 3.49. The van der Waals surface area contributed by atoms with Crippen LogP contribution in [0.15, 0.2) is 25.8 Å². The van der Waals surface area contributed by atoms with Gasteiger partial charge in [-0.15, -0.1) is 0 Å². The lowest BCUT2D eigenvalue weighted by Gasteiger charge is -2.30. The minimum absolute atomic E-state index is 0.128. The van der Waals surface area contributed by atoms with E-state index in [1.54, 1.807) is 11.0 Å². The van der Waals surface area contributed by atoms with Gasteiger partial charge in [-0.3, -0.25) is 9.59 Å². The second-order valence-electron chi connectivity index (χ2n) is 8.14. The first-order valence-electron chi connectivity index (χ1n) is 10.2. The van der Waals surface area contributed by atoms with Gasteiger partial charge in [-0.1, -0.05) is 0 Å². The first-order chi connectivity index (χ1) is 14.3. The molecule has 2 aromatic heterocycles. The maximum Gasteiger partial charge on any atom is 0.339 e. The molecule has 158 valence electrons. The van der Waals surface area contributed by atoms with E-state index in [0.29, 0.717) is 36.1 Å². The first-order valence-corrected chi connectivity index (χ1v) is 10.2. The van der Waals surface area contributed by atoms with Crippen LogP contribution in [0.1, 0.15) is 41.7 Å². The van der Waals surface area contributed by atoms with E-state index in [4.69, 9.17) is 8.83 Å². The highest BCUT2D eigenvalue weighted by Gasteiger charge is 2.28. The van der Waals surface area contributed by atoms with Gasteiger partial charge >= 0.3 is 11.6 Å². The number of likely N-dealkylation sites (tertiary alicyclic amines) is 1. The maximum absolute atomic E-state index is 12.6. The molecule has 7 heteroatoms. The number of piperidine rings is 1. The van der Waals surface area contributed by atoms with E-state index in [2.05, 4.69) is 0 Å². The van der Waals surface area contributed by atoms with Crippen molar-refractivity contribution in [1.29, 1.82) is 0 Å². The Bertz CT molecular complexity index is 1220. The number of carbonyl (C=O) groups is 2. The van der Waals surface area contributed by atoms with Gasteiger partial charge in [0.2, 0.25) is 5.91 Å². The predicted octanol–water partition coefficient (Wildman–Crippen LogP) is 3.72. The van der Waals surface area contributed by atoms with E-state index in [1.807, 2.05) is 26.8 Å². The summed E-state index contributed by atoms with van der Waals surface area (Å²) in [6, 6.07) is 3.72. The molecule has 0 aliphatic carbocycles. The van der Waals surface area contributed by atoms with E-state index in [0.717, 1.165) is 27.7 Å². The number of benzene rings is 1. The Kier molecular flexibility index (Phi) is 5.13. The van der Waals surface area contributed by atoms with Gasteiger partial charge in [0.15, 0.2) is 0 Å². The second-order valence-corrected chi connectivity index (χ2v) is 8.14. The van der Waals surface area contributed by atoms with Gasteiger partial charge in [0, 0.05) is 41.9 Å². The summed E-state index contributed by atoms with van der Waals surface area (Å²) in [6.45, 7) is 6.55. The van der Waals surface area contributed by atoms with Crippen LogP contribution >= 0.6 is 0 Å². The number of nitrogens with zero attached hydrogens (tertiary/aromatic N) is 1. The molecule has 1 saturated heterocycles. The molecule has 4 rings (SSSR count). The largest absolute Gasteiger partial charge is 0.481 e. The van der Waals surface area contributed by atoms with E-state index in [-0.39, 0.29) is 25.3 Å². The average molecular weight is 411 g/mol. The minimum atomic E-state index is -0.866. The zero-order valence-corrected chi connectivity index (χ0v) is 17.4. The highest BCUT2D eigenvalue weighted by Crippen LogP contribution is 2.31. The fourth-order valence-corrected chi connectivity index (χ4v) is 4.31. The van der Waals surface area contributed by atoms with Crippen LogP contribution in [0.2, 0.25) is 0 Å². The molecule has 1 atom stereocenters. The van der Waals surface area contributed by atoms with E-state index >= 15 is 0 Å². The molecule has 1 aromatic carbocycles. The normalized spacial score (nSPS) is 17.0. The molecule has 1 aliphatic rings. The van der Waals surface area contributed by atoms with Crippen LogP contribution in [0.4, 0.5) is 0 Å². The van der Waals surface area contributed by atoms with E-state index in [9.17, 15) is 19.5 Å². The van der Waals surface area contributed by atoms with Crippen molar-refractivity contribution in [2.75, 3.05) is 13.1 Å². The summed E-state index contributed by atoms with van der Waals surface area (Å²) in [5, 5.41) is 11.0. The molecule has 0 bridgehead atoms. The molecule has 1 N–H and O–H groups in total. The van der Waals surface area contributed by atoms with Crippen LogP contribution in [0.25, 0.3) is 21.9 Å². The van der Waals surface area contributed by atoms with Crippen LogP contribution in [0.5, 0.6) is 0 Å². The highest BCUT2D eigenvalue weighted by molar-refractivity contribution is 5.96. The molecule has 0 radical (unpaired) electrons. The lowest BCUT2D eigenvalue weighted by molar-refractivity contribution is -0.145. The predicted molar refractivity (Wildman–Crippen MR) is 112 cm³/mol. The maximum atomic E-state index is 12.6. The summed E-state index contributed by atoms with van der Waals surface area (Å²) in [7, 11) is 0. The smallest absolute Gasteiger partial charge is 0.339 e. The van der Waals surface area contributed by atoms with Gasteiger partial charge in [0.05, 0.1) is 5.92 Å². The highest BCUT2D eigenvalue weighted by atomic mass is 16.4. The monoisotopic (exact) mass is 411 g/mol. The van der Waals surface area contributed by atoms with Crippen molar-refractivity contribution in [3.8, 4) is 0 Å². The fourth-order valence-electron chi connectivity index (χ4n) is 4.31. The molecule has 30 heavy (non-hydrogen) atoms. The molecule has 1 aliphatic heterocycles. The zero-order chi connectivity index (χ0) is 21.6. The van der Waals surface area contributed by atoms with Crippen molar-refractivity contribution in [2.45, 2.75) is 46.5 Å². The Morgan fingerprint density at radius 2 is 1.80 bits per heavy atom. The lowest BCUT2D eigenvalue weighted by Crippen LogP contribution is -2.42. The Labute approximate surface area is 173 Å². The molecule has 0 saturated carbocycles. The lowest BCUT2D eigenvalue weighted by atomic mass is 9.97. The summed E-state index contributed by atoms with van der Waals surface area (Å²) in [4.78, 5) is 38.1. The van der Waals surface area contributed by atoms with Crippen molar-refractivity contribution < 1.29 is 23.5 Å². The third-order valence-corrected chi connectivity index (χ3v) is 6.29. The first kappa shape index (κ1) is 20.2. The van der Waals surface area contributed by atoms with Gasteiger partial charge in [-0.25, -0.2) is 4.79 Å². The van der Waals surface area contributed by atoms with Crippen LogP contribution < -0.4 is 5.63 Å². The summed E-state index contributed by atoms with van der Waals surface area (Å²) < 4.78 is 11.3. The fraction of sp³-hybridized carbons (Fsp3) is 0.435. The summed E-state index contributed by atoms with van der Waals surface area (Å²) >= 11 is 0. The summed E-state index contributed by atoms with van der Waals surface area (Å²) in [6.07, 6.45) is 1.68. The standard InChI is InChI=1S/C23H25NO6/c1-12-14(3)29-19-10-20-18(9-17(12)19)13(2)16(23(28)30-20)6-7-21(25)24-8-4-5-15(11-24)22(26)27/h9-10,15H,4-8,11H2,1-3H3,(H,26,27). The molecular formula is C23H25NO6. The number of aryl methyl sites for hydroxylation is 3. The SMILES string of the molecule is Cc1oc2cc3oc(=O)c(CCC(=O)N4CCCC(C(=O)O)C4)c(C)c3cc2c1C. The second kappa shape index (κ2) is 7.63. The summed E-state index contributed by atoms with van der Waals surface area (Å²) in [5.41, 5.74) is 3.04. The van der Waals surface area contributed by atoms with Crippen LogP contribution in [-0.2, 0) is 16.0 Å². The number of carboxylic acids is 1. The van der Waals surface area contributed by atoms with Crippen LogP contribution in [-0.4, -0.2) is 35.0 Å². The topological polar surface area (TPSA) is 101 Å². The molecular weight excluding hydrogens is 386 g/mol. The van der Waals surface area contributed by atoms with E-state index < -0.39 is 17.5 Å². The zero-order valence-electron chi connectivity index (χ0n) is 17.4. The minimum Gasteiger partial charge on any atom is -0.481 e. The molecule has 1 amide bonds. The molecule has 1 fully saturated rings. The van der Waals surface area contributed by atoms with Gasteiger partial charge < -0.3 is 18.8 Å². The van der Waals surface area contributed by atoms with Crippen LogP contribution in [0.3, 0.4) is 0 Å². The number of hydrogen-bond donors (Lipinski definition) is 1. The van der Waals surface area contributed by atoms with Crippen molar-refractivity contribution in [3.63, 3.8) is 0 Å². The van der Waals surface area contributed by atoms with Crippen molar-refractivity contribution in [1.82, 2.24) is 4.90 Å². The number of amides is 1. The molecule has 0 spiro atoms. The van der Waals surface area contributed by atoms with Gasteiger partial charge in [-0.2, -0.15) is 0 Å². The van der Waals surface area contributed by atoms with E-state index in [1.165, 1.54) is 0 Å². The Hall–Kier alpha value is -3.09. The number of rotatable bonds is 4. The average Bonchev–Trinajstić information content (AvgIpc) is 2.99. The van der Waals surface area contributed by atoms with Crippen LogP contribution in [0, 0.1) is 26.7 Å². The number of aliphatic carboxylic acids is 1. The quantitative estimate of drug-likeness (QED) is 0.657. The third-order valence-electron chi connectivity index (χ3n) is 6.29. The van der Waals surface area contributed by atoms with Crippen molar-refractivity contribution in [3.05, 3.63) is 45.0 Å². The van der Waals surface area contributed by atoms with Crippen molar-refractivity contribution >= 4 is 33.8 Å². The molecule has 1 unspecified atom stereocenters. The van der Waals surface area contributed by atoms with Crippen molar-refractivity contribution in [2.24, 2.45) is 5.92 Å². The number of fused-ring (bicyclic) bond motifs is 2. The van der Waals surface area contributed by atoms with Gasteiger partial charge in [0.25, 0.3) is 0 Å². The number of carbonyl (C=O) groups excluding carboxylic acids is 1. The number of hydrogen-bond acceptors (Lipinski definition) is 5. The number of carboxylic acid groups (broad SMARTS) is 1. The molecule has 3 aromatic rings.